The molecule has 1 fully saturated rings. The number of piperazine rings is 1. The second kappa shape index (κ2) is 11.7. The lowest BCUT2D eigenvalue weighted by Gasteiger charge is -2.37. The van der Waals surface area contributed by atoms with Crippen LogP contribution in [0.5, 0.6) is 0 Å². The van der Waals surface area contributed by atoms with Crippen LogP contribution >= 0.6 is 23.2 Å². The number of nitrogens with zero attached hydrogens (tertiary/aromatic N) is 3. The van der Waals surface area contributed by atoms with Gasteiger partial charge in [-0.1, -0.05) is 65.2 Å². The molecule has 0 saturated carbocycles. The van der Waals surface area contributed by atoms with E-state index in [9.17, 15) is 14.4 Å². The first-order valence-electron chi connectivity index (χ1n) is 13.2. The average Bonchev–Trinajstić information content (AvgIpc) is 2.96. The molecule has 0 atom stereocenters. The number of aromatic nitrogens is 1. The van der Waals surface area contributed by atoms with E-state index in [0.29, 0.717) is 54.0 Å². The molecule has 40 heavy (non-hydrogen) atoms. The Hall–Kier alpha value is -3.81. The van der Waals surface area contributed by atoms with Gasteiger partial charge in [0.1, 0.15) is 5.56 Å². The van der Waals surface area contributed by atoms with Crippen LogP contribution in [-0.4, -0.2) is 54.1 Å². The fourth-order valence-electron chi connectivity index (χ4n) is 5.14. The van der Waals surface area contributed by atoms with Gasteiger partial charge in [-0.15, -0.1) is 0 Å². The molecule has 1 aliphatic rings. The number of anilines is 1. The van der Waals surface area contributed by atoms with E-state index in [1.54, 1.807) is 34.6 Å². The maximum absolute atomic E-state index is 14.0. The summed E-state index contributed by atoms with van der Waals surface area (Å²) in [6.07, 6.45) is 0. The second-order valence-corrected chi connectivity index (χ2v) is 10.6. The van der Waals surface area contributed by atoms with Crippen molar-refractivity contribution >= 4 is 51.7 Å². The van der Waals surface area contributed by atoms with E-state index in [0.717, 1.165) is 22.0 Å². The van der Waals surface area contributed by atoms with E-state index in [1.165, 1.54) is 0 Å². The number of rotatable bonds is 6. The van der Waals surface area contributed by atoms with Crippen molar-refractivity contribution in [2.24, 2.45) is 0 Å². The number of hydrogen-bond acceptors (Lipinski definition) is 5. The third kappa shape index (κ3) is 5.44. The number of fused-ring (bicyclic) bond motifs is 1. The number of esters is 1. The van der Waals surface area contributed by atoms with Crippen molar-refractivity contribution in [1.29, 1.82) is 0 Å². The highest BCUT2D eigenvalue weighted by molar-refractivity contribution is 6.42. The molecule has 7 nitrogen and oxygen atoms in total. The van der Waals surface area contributed by atoms with Gasteiger partial charge in [-0.3, -0.25) is 9.59 Å². The second-order valence-electron chi connectivity index (χ2n) is 9.75. The molecular weight excluding hydrogens is 549 g/mol. The maximum atomic E-state index is 14.0. The summed E-state index contributed by atoms with van der Waals surface area (Å²) in [4.78, 5) is 44.3. The van der Waals surface area contributed by atoms with Crippen LogP contribution in [0.2, 0.25) is 10.0 Å². The normalized spacial score (nSPS) is 13.5. The van der Waals surface area contributed by atoms with Crippen molar-refractivity contribution in [2.75, 3.05) is 37.7 Å². The first-order valence-corrected chi connectivity index (χ1v) is 13.9. The molecule has 4 aromatic rings. The standard InChI is InChI=1S/C31H29Cl2N3O4/c1-3-40-31(39)27-28(34-13-15-35(16-14-34)29(37)22-10-11-24(32)25(33)18-22)23-17-20(2)9-12-26(23)36(30(27)38)19-21-7-5-4-6-8-21/h4-12,17-18H,3,13-16,19H2,1-2H3. The zero-order valence-electron chi connectivity index (χ0n) is 22.3. The summed E-state index contributed by atoms with van der Waals surface area (Å²) in [7, 11) is 0. The monoisotopic (exact) mass is 577 g/mol. The van der Waals surface area contributed by atoms with Crippen LogP contribution in [0.4, 0.5) is 5.69 Å². The third-order valence-electron chi connectivity index (χ3n) is 7.11. The summed E-state index contributed by atoms with van der Waals surface area (Å²) in [5.41, 5.74) is 3.30. The molecule has 1 amide bonds. The highest BCUT2D eigenvalue weighted by Crippen LogP contribution is 2.32. The van der Waals surface area contributed by atoms with Gasteiger partial charge in [0, 0.05) is 37.1 Å². The van der Waals surface area contributed by atoms with Crippen molar-refractivity contribution in [3.8, 4) is 0 Å². The Morgan fingerprint density at radius 2 is 1.62 bits per heavy atom. The van der Waals surface area contributed by atoms with E-state index in [-0.39, 0.29) is 18.1 Å². The van der Waals surface area contributed by atoms with Crippen molar-refractivity contribution in [3.05, 3.63) is 109 Å². The summed E-state index contributed by atoms with van der Waals surface area (Å²) in [5, 5.41) is 1.50. The molecule has 1 aliphatic heterocycles. The third-order valence-corrected chi connectivity index (χ3v) is 7.85. The molecule has 0 unspecified atom stereocenters. The number of carbonyl (C=O) groups excluding carboxylic acids is 2. The number of halogens is 2. The molecule has 1 aromatic heterocycles. The lowest BCUT2D eigenvalue weighted by atomic mass is 10.0. The van der Waals surface area contributed by atoms with Gasteiger partial charge >= 0.3 is 5.97 Å². The molecular formula is C31H29Cl2N3O4. The Labute approximate surface area is 242 Å². The minimum atomic E-state index is -0.651. The SMILES string of the molecule is CCOC(=O)c1c(N2CCN(C(=O)c3ccc(Cl)c(Cl)c3)CC2)c2cc(C)ccc2n(Cc2ccccc2)c1=O. The Kier molecular flexibility index (Phi) is 8.14. The molecule has 0 spiro atoms. The van der Waals surface area contributed by atoms with Gasteiger partial charge in [-0.05, 0) is 49.7 Å². The molecule has 3 aromatic carbocycles. The largest absolute Gasteiger partial charge is 0.462 e. The minimum Gasteiger partial charge on any atom is -0.462 e. The summed E-state index contributed by atoms with van der Waals surface area (Å²) >= 11 is 12.2. The summed E-state index contributed by atoms with van der Waals surface area (Å²) in [5.74, 6) is -0.801. The fourth-order valence-corrected chi connectivity index (χ4v) is 5.44. The zero-order valence-corrected chi connectivity index (χ0v) is 23.8. The van der Waals surface area contributed by atoms with E-state index in [4.69, 9.17) is 27.9 Å². The van der Waals surface area contributed by atoms with Gasteiger partial charge in [0.2, 0.25) is 0 Å². The zero-order chi connectivity index (χ0) is 28.4. The highest BCUT2D eigenvalue weighted by Gasteiger charge is 2.30. The van der Waals surface area contributed by atoms with Crippen molar-refractivity contribution in [2.45, 2.75) is 20.4 Å². The Bertz CT molecular complexity index is 1640. The highest BCUT2D eigenvalue weighted by atomic mass is 35.5. The summed E-state index contributed by atoms with van der Waals surface area (Å²) in [6.45, 7) is 5.84. The van der Waals surface area contributed by atoms with Crippen LogP contribution in [0, 0.1) is 6.92 Å². The van der Waals surface area contributed by atoms with E-state index in [1.807, 2.05) is 60.4 Å². The van der Waals surface area contributed by atoms with Gasteiger partial charge in [0.05, 0.1) is 34.4 Å². The molecule has 0 radical (unpaired) electrons. The first-order chi connectivity index (χ1) is 19.3. The van der Waals surface area contributed by atoms with Crippen molar-refractivity contribution in [1.82, 2.24) is 9.47 Å². The van der Waals surface area contributed by atoms with Gasteiger partial charge < -0.3 is 19.1 Å². The van der Waals surface area contributed by atoms with Gasteiger partial charge in [0.25, 0.3) is 11.5 Å². The quantitative estimate of drug-likeness (QED) is 0.271. The van der Waals surface area contributed by atoms with Crippen LogP contribution in [0.3, 0.4) is 0 Å². The average molecular weight is 578 g/mol. The molecule has 2 heterocycles. The van der Waals surface area contributed by atoms with Gasteiger partial charge in [0.15, 0.2) is 0 Å². The predicted octanol–water partition coefficient (Wildman–Crippen LogP) is 5.80. The van der Waals surface area contributed by atoms with Crippen LogP contribution < -0.4 is 10.5 Å². The van der Waals surface area contributed by atoms with E-state index < -0.39 is 11.5 Å². The van der Waals surface area contributed by atoms with Gasteiger partial charge in [-0.25, -0.2) is 4.79 Å². The van der Waals surface area contributed by atoms with Crippen LogP contribution in [0.1, 0.15) is 38.8 Å². The molecule has 9 heteroatoms. The smallest absolute Gasteiger partial charge is 0.345 e. The van der Waals surface area contributed by atoms with Crippen molar-refractivity contribution in [3.63, 3.8) is 0 Å². The summed E-state index contributed by atoms with van der Waals surface area (Å²) < 4.78 is 7.04. The number of carbonyl (C=O) groups is 2. The van der Waals surface area contributed by atoms with Crippen molar-refractivity contribution < 1.29 is 14.3 Å². The van der Waals surface area contributed by atoms with Crippen LogP contribution in [0.15, 0.2) is 71.5 Å². The first kappa shape index (κ1) is 27.7. The van der Waals surface area contributed by atoms with Gasteiger partial charge in [-0.2, -0.15) is 0 Å². The lowest BCUT2D eigenvalue weighted by Crippen LogP contribution is -2.49. The summed E-state index contributed by atoms with van der Waals surface area (Å²) in [6, 6.07) is 20.4. The number of hydrogen-bond donors (Lipinski definition) is 0. The Morgan fingerprint density at radius 3 is 2.30 bits per heavy atom. The Morgan fingerprint density at radius 1 is 0.900 bits per heavy atom. The molecule has 0 N–H and O–H groups in total. The molecule has 5 rings (SSSR count). The van der Waals surface area contributed by atoms with E-state index >= 15 is 0 Å². The van der Waals surface area contributed by atoms with E-state index in [2.05, 4.69) is 0 Å². The van der Waals surface area contributed by atoms with Crippen LogP contribution in [-0.2, 0) is 11.3 Å². The minimum absolute atomic E-state index is 0.0140. The number of amides is 1. The molecule has 0 aliphatic carbocycles. The molecule has 206 valence electrons. The Balaban J connectivity index is 1.56. The molecule has 0 bridgehead atoms. The predicted molar refractivity (Wildman–Crippen MR) is 159 cm³/mol. The fraction of sp³-hybridized carbons (Fsp3) is 0.258. The van der Waals surface area contributed by atoms with Crippen LogP contribution in [0.25, 0.3) is 10.9 Å². The number of aryl methyl sites for hydroxylation is 1. The maximum Gasteiger partial charge on any atom is 0.345 e. The number of pyridine rings is 1. The lowest BCUT2D eigenvalue weighted by molar-refractivity contribution is 0.0523. The topological polar surface area (TPSA) is 71.8 Å². The number of ether oxygens (including phenoxy) is 1. The number of benzene rings is 3. The molecule has 1 saturated heterocycles.